The average molecular weight is 283 g/mol. The molecule has 1 unspecified atom stereocenters. The van der Waals surface area contributed by atoms with Crippen LogP contribution in [0.3, 0.4) is 0 Å². The van der Waals surface area contributed by atoms with Gasteiger partial charge in [-0.3, -0.25) is 4.79 Å². The normalized spacial score (nSPS) is 20.2. The van der Waals surface area contributed by atoms with Crippen molar-refractivity contribution in [3.63, 3.8) is 0 Å². The summed E-state index contributed by atoms with van der Waals surface area (Å²) in [7, 11) is 0. The predicted octanol–water partition coefficient (Wildman–Crippen LogP) is 2.47. The van der Waals surface area contributed by atoms with Gasteiger partial charge in [-0.1, -0.05) is 43.7 Å². The fourth-order valence-corrected chi connectivity index (χ4v) is 2.35. The van der Waals surface area contributed by atoms with E-state index in [4.69, 9.17) is 0 Å². The van der Waals surface area contributed by atoms with Crippen LogP contribution in [0.1, 0.15) is 37.7 Å². The summed E-state index contributed by atoms with van der Waals surface area (Å²) < 4.78 is 0. The molecule has 0 spiro atoms. The van der Waals surface area contributed by atoms with E-state index in [0.29, 0.717) is 12.5 Å². The maximum absolute atomic E-state index is 12.0. The molecular weight excluding hydrogens is 260 g/mol. The lowest BCUT2D eigenvalue weighted by atomic mass is 10.0. The number of rotatable bonds is 4. The minimum absolute atomic E-state index is 0. The summed E-state index contributed by atoms with van der Waals surface area (Å²) in [6.07, 6.45) is 3.30. The largest absolute Gasteiger partial charge is 0.354 e. The Labute approximate surface area is 121 Å². The molecule has 19 heavy (non-hydrogen) atoms. The Morgan fingerprint density at radius 2 is 2.11 bits per heavy atom. The molecule has 4 heteroatoms. The van der Waals surface area contributed by atoms with Gasteiger partial charge in [0.05, 0.1) is 6.04 Å². The second-order valence-electron chi connectivity index (χ2n) is 5.06. The molecular formula is C15H23ClN2O. The maximum atomic E-state index is 12.0. The molecule has 106 valence electrons. The second-order valence-corrected chi connectivity index (χ2v) is 5.06. The van der Waals surface area contributed by atoms with E-state index in [-0.39, 0.29) is 24.4 Å². The van der Waals surface area contributed by atoms with Gasteiger partial charge in [0.1, 0.15) is 0 Å². The minimum atomic E-state index is 0. The highest BCUT2D eigenvalue weighted by Gasteiger charge is 2.20. The molecule has 2 atom stereocenters. The molecule has 1 saturated heterocycles. The number of halogens is 1. The molecule has 1 heterocycles. The summed E-state index contributed by atoms with van der Waals surface area (Å²) in [6, 6.07) is 10.3. The van der Waals surface area contributed by atoms with E-state index in [1.165, 1.54) is 12.0 Å². The van der Waals surface area contributed by atoms with Gasteiger partial charge in [-0.05, 0) is 30.9 Å². The lowest BCUT2D eigenvalue weighted by molar-refractivity contribution is -0.123. The van der Waals surface area contributed by atoms with Gasteiger partial charge in [-0.15, -0.1) is 12.4 Å². The monoisotopic (exact) mass is 282 g/mol. The first-order valence-electron chi connectivity index (χ1n) is 6.83. The topological polar surface area (TPSA) is 41.1 Å². The van der Waals surface area contributed by atoms with Crippen LogP contribution in [0.5, 0.6) is 0 Å². The van der Waals surface area contributed by atoms with Gasteiger partial charge in [0.2, 0.25) is 5.91 Å². The molecule has 1 aliphatic heterocycles. The smallest absolute Gasteiger partial charge is 0.237 e. The van der Waals surface area contributed by atoms with Crippen molar-refractivity contribution < 1.29 is 4.79 Å². The van der Waals surface area contributed by atoms with Crippen molar-refractivity contribution in [3.05, 3.63) is 35.9 Å². The van der Waals surface area contributed by atoms with E-state index < -0.39 is 0 Å². The molecule has 1 aromatic rings. The van der Waals surface area contributed by atoms with Gasteiger partial charge in [0.25, 0.3) is 0 Å². The number of amides is 1. The minimum Gasteiger partial charge on any atom is -0.354 e. The SMILES string of the molecule is CC(CNC(=O)[C@@H]1CCCCN1)c1ccccc1.Cl. The Hall–Kier alpha value is -1.06. The van der Waals surface area contributed by atoms with E-state index in [1.54, 1.807) is 0 Å². The number of hydrogen-bond acceptors (Lipinski definition) is 2. The van der Waals surface area contributed by atoms with E-state index in [9.17, 15) is 4.79 Å². The van der Waals surface area contributed by atoms with Crippen molar-refractivity contribution >= 4 is 18.3 Å². The molecule has 0 aliphatic carbocycles. The molecule has 0 bridgehead atoms. The number of nitrogens with one attached hydrogen (secondary N) is 2. The first-order valence-corrected chi connectivity index (χ1v) is 6.83. The lowest BCUT2D eigenvalue weighted by Crippen LogP contribution is -2.47. The summed E-state index contributed by atoms with van der Waals surface area (Å²) in [5.74, 6) is 0.510. The Bertz CT molecular complexity index is 377. The van der Waals surface area contributed by atoms with Crippen LogP contribution in [0.4, 0.5) is 0 Å². The Balaban J connectivity index is 0.00000180. The van der Waals surface area contributed by atoms with Gasteiger partial charge < -0.3 is 10.6 Å². The number of hydrogen-bond donors (Lipinski definition) is 2. The molecule has 3 nitrogen and oxygen atoms in total. The van der Waals surface area contributed by atoms with Crippen molar-refractivity contribution in [2.45, 2.75) is 38.1 Å². The van der Waals surface area contributed by atoms with Gasteiger partial charge in [0.15, 0.2) is 0 Å². The molecule has 2 N–H and O–H groups in total. The highest BCUT2D eigenvalue weighted by molar-refractivity contribution is 5.85. The summed E-state index contributed by atoms with van der Waals surface area (Å²) in [4.78, 5) is 12.0. The number of benzene rings is 1. The zero-order valence-corrected chi connectivity index (χ0v) is 12.2. The van der Waals surface area contributed by atoms with Gasteiger partial charge in [0, 0.05) is 6.54 Å². The van der Waals surface area contributed by atoms with Gasteiger partial charge in [-0.25, -0.2) is 0 Å². The third kappa shape index (κ3) is 4.84. The summed E-state index contributed by atoms with van der Waals surface area (Å²) >= 11 is 0. The Morgan fingerprint density at radius 1 is 1.37 bits per heavy atom. The summed E-state index contributed by atoms with van der Waals surface area (Å²) in [5, 5.41) is 6.32. The van der Waals surface area contributed by atoms with Crippen molar-refractivity contribution in [1.29, 1.82) is 0 Å². The highest BCUT2D eigenvalue weighted by Crippen LogP contribution is 2.13. The van der Waals surface area contributed by atoms with E-state index in [1.807, 2.05) is 18.2 Å². The number of piperidine rings is 1. The van der Waals surface area contributed by atoms with E-state index in [0.717, 1.165) is 19.4 Å². The van der Waals surface area contributed by atoms with E-state index in [2.05, 4.69) is 29.7 Å². The molecule has 0 radical (unpaired) electrons. The van der Waals surface area contributed by atoms with Gasteiger partial charge >= 0.3 is 0 Å². The molecule has 0 aromatic heterocycles. The quantitative estimate of drug-likeness (QED) is 0.891. The third-order valence-electron chi connectivity index (χ3n) is 3.58. The first-order chi connectivity index (χ1) is 8.77. The third-order valence-corrected chi connectivity index (χ3v) is 3.58. The van der Waals surface area contributed by atoms with Gasteiger partial charge in [-0.2, -0.15) is 0 Å². The number of carbonyl (C=O) groups is 1. The van der Waals surface area contributed by atoms with Crippen molar-refractivity contribution in [2.75, 3.05) is 13.1 Å². The standard InChI is InChI=1S/C15H22N2O.ClH/c1-12(13-7-3-2-4-8-13)11-17-15(18)14-9-5-6-10-16-14;/h2-4,7-8,12,14,16H,5-6,9-11H2,1H3,(H,17,18);1H/t12?,14-;/m0./s1. The molecule has 1 fully saturated rings. The maximum Gasteiger partial charge on any atom is 0.237 e. The van der Waals surface area contributed by atoms with Crippen LogP contribution in [0, 0.1) is 0 Å². The number of carbonyl (C=O) groups excluding carboxylic acids is 1. The van der Waals surface area contributed by atoms with E-state index >= 15 is 0 Å². The Kier molecular flexibility index (Phi) is 6.89. The Morgan fingerprint density at radius 3 is 2.74 bits per heavy atom. The molecule has 1 amide bonds. The summed E-state index contributed by atoms with van der Waals surface area (Å²) in [5.41, 5.74) is 1.27. The molecule has 1 aromatic carbocycles. The second kappa shape index (κ2) is 8.18. The average Bonchev–Trinajstić information content (AvgIpc) is 2.46. The molecule has 2 rings (SSSR count). The van der Waals surface area contributed by atoms with Crippen LogP contribution in [0.25, 0.3) is 0 Å². The van der Waals surface area contributed by atoms with Crippen molar-refractivity contribution in [3.8, 4) is 0 Å². The molecule has 0 saturated carbocycles. The van der Waals surface area contributed by atoms with Crippen molar-refractivity contribution in [1.82, 2.24) is 10.6 Å². The van der Waals surface area contributed by atoms with Crippen LogP contribution >= 0.6 is 12.4 Å². The van der Waals surface area contributed by atoms with Crippen LogP contribution in [-0.2, 0) is 4.79 Å². The first kappa shape index (κ1) is 16.0. The van der Waals surface area contributed by atoms with Crippen molar-refractivity contribution in [2.24, 2.45) is 0 Å². The van der Waals surface area contributed by atoms with Crippen LogP contribution in [0.15, 0.2) is 30.3 Å². The summed E-state index contributed by atoms with van der Waals surface area (Å²) in [6.45, 7) is 3.82. The fraction of sp³-hybridized carbons (Fsp3) is 0.533. The lowest BCUT2D eigenvalue weighted by Gasteiger charge is -2.23. The zero-order chi connectivity index (χ0) is 12.8. The zero-order valence-electron chi connectivity index (χ0n) is 11.4. The van der Waals surface area contributed by atoms with Crippen LogP contribution in [-0.4, -0.2) is 25.0 Å². The molecule has 1 aliphatic rings. The van der Waals surface area contributed by atoms with Crippen LogP contribution in [0.2, 0.25) is 0 Å². The predicted molar refractivity (Wildman–Crippen MR) is 80.8 cm³/mol. The fourth-order valence-electron chi connectivity index (χ4n) is 2.35. The van der Waals surface area contributed by atoms with Crippen LogP contribution < -0.4 is 10.6 Å². The highest BCUT2D eigenvalue weighted by atomic mass is 35.5.